The van der Waals surface area contributed by atoms with Gasteiger partial charge in [0.05, 0.1) is 10.6 Å². The maximum Gasteiger partial charge on any atom is 0.384 e. The third-order valence-electron chi connectivity index (χ3n) is 3.51. The van der Waals surface area contributed by atoms with Crippen molar-refractivity contribution in [3.8, 4) is 0 Å². The lowest BCUT2D eigenvalue weighted by Crippen LogP contribution is -2.34. The van der Waals surface area contributed by atoms with Crippen LogP contribution in [0.3, 0.4) is 0 Å². The molecule has 0 heterocycles. The third-order valence-corrected chi connectivity index (χ3v) is 5.19. The van der Waals surface area contributed by atoms with Crippen molar-refractivity contribution in [1.29, 1.82) is 0 Å². The van der Waals surface area contributed by atoms with Crippen molar-refractivity contribution in [2.75, 3.05) is 5.32 Å². The van der Waals surface area contributed by atoms with E-state index in [1.165, 1.54) is 19.1 Å². The summed E-state index contributed by atoms with van der Waals surface area (Å²) in [6, 6.07) is 8.12. The molecule has 2 N–H and O–H groups in total. The second-order valence-electron chi connectivity index (χ2n) is 5.50. The number of carbonyl (C=O) groups excluding carboxylic acids is 2. The Balaban J connectivity index is 2.11. The van der Waals surface area contributed by atoms with Gasteiger partial charge in [-0.2, -0.15) is 8.78 Å². The molecule has 2 aromatic rings. The zero-order valence-corrected chi connectivity index (χ0v) is 15.7. The number of nitrogens with one attached hydrogen (secondary N) is 2. The minimum absolute atomic E-state index is 0.0658. The van der Waals surface area contributed by atoms with E-state index < -0.39 is 39.3 Å². The molecule has 11 heteroatoms. The molecule has 0 saturated heterocycles. The molecule has 0 aliphatic rings. The van der Waals surface area contributed by atoms with Crippen molar-refractivity contribution in [1.82, 2.24) is 5.32 Å². The summed E-state index contributed by atoms with van der Waals surface area (Å²) in [5.41, 5.74) is 0.345. The lowest BCUT2D eigenvalue weighted by molar-refractivity contribution is -0.0602. The van der Waals surface area contributed by atoms with Crippen LogP contribution in [0.25, 0.3) is 0 Å². The molecule has 1 atom stereocenters. The predicted octanol–water partition coefficient (Wildman–Crippen LogP) is 4.58. The number of anilines is 1. The van der Waals surface area contributed by atoms with Crippen LogP contribution >= 0.6 is 11.6 Å². The van der Waals surface area contributed by atoms with Gasteiger partial charge in [0.2, 0.25) is 0 Å². The second kappa shape index (κ2) is 8.70. The molecule has 1 unspecified atom stereocenters. The van der Waals surface area contributed by atoms with Crippen LogP contribution in [0.2, 0.25) is 5.02 Å². The Morgan fingerprint density at radius 2 is 1.79 bits per heavy atom. The smallest absolute Gasteiger partial charge is 0.307 e. The molecule has 0 radical (unpaired) electrons. The van der Waals surface area contributed by atoms with E-state index in [1.54, 1.807) is 12.1 Å². The first-order chi connectivity index (χ1) is 13.0. The van der Waals surface area contributed by atoms with Gasteiger partial charge in [0.15, 0.2) is 0 Å². The maximum atomic E-state index is 13.2. The Morgan fingerprint density at radius 1 is 1.14 bits per heavy atom. The minimum Gasteiger partial charge on any atom is -0.307 e. The zero-order valence-electron chi connectivity index (χ0n) is 14.1. The van der Waals surface area contributed by atoms with Crippen LogP contribution in [0.15, 0.2) is 47.4 Å². The normalized spacial score (nSPS) is 12.5. The number of imide groups is 1. The van der Waals surface area contributed by atoms with E-state index >= 15 is 0 Å². The summed E-state index contributed by atoms with van der Waals surface area (Å²) in [6.07, 6.45) is -4.09. The van der Waals surface area contributed by atoms with Crippen molar-refractivity contribution in [2.45, 2.75) is 23.5 Å². The molecule has 0 fully saturated rings. The average molecular weight is 437 g/mol. The SMILES string of the molecule is Cc1cc(S(=O)C(F)(F)C(F)F)ccc1NC(=O)NC(=O)c1ccccc1Cl. The number of amides is 3. The average Bonchev–Trinajstić information content (AvgIpc) is 2.62. The van der Waals surface area contributed by atoms with Gasteiger partial charge in [-0.1, -0.05) is 23.7 Å². The van der Waals surface area contributed by atoms with E-state index in [0.29, 0.717) is 0 Å². The highest BCUT2D eigenvalue weighted by molar-refractivity contribution is 7.86. The van der Waals surface area contributed by atoms with Gasteiger partial charge in [0, 0.05) is 10.6 Å². The summed E-state index contributed by atoms with van der Waals surface area (Å²) < 4.78 is 62.8. The molecule has 2 rings (SSSR count). The van der Waals surface area contributed by atoms with Crippen molar-refractivity contribution in [3.05, 3.63) is 58.6 Å². The van der Waals surface area contributed by atoms with E-state index in [4.69, 9.17) is 11.6 Å². The molecular weight excluding hydrogens is 424 g/mol. The Kier molecular flexibility index (Phi) is 6.78. The lowest BCUT2D eigenvalue weighted by atomic mass is 10.2. The number of aryl methyl sites for hydroxylation is 1. The number of hydrogen-bond donors (Lipinski definition) is 2. The molecule has 0 bridgehead atoms. The molecule has 150 valence electrons. The topological polar surface area (TPSA) is 75.3 Å². The fourth-order valence-corrected chi connectivity index (χ4v) is 3.27. The van der Waals surface area contributed by atoms with E-state index in [9.17, 15) is 31.4 Å². The highest BCUT2D eigenvalue weighted by Gasteiger charge is 2.48. The van der Waals surface area contributed by atoms with Crippen molar-refractivity contribution < 1.29 is 31.4 Å². The fraction of sp³-hybridized carbons (Fsp3) is 0.176. The summed E-state index contributed by atoms with van der Waals surface area (Å²) in [5, 5.41) is -0.227. The highest BCUT2D eigenvalue weighted by atomic mass is 35.5. The molecule has 0 spiro atoms. The third kappa shape index (κ3) is 4.87. The van der Waals surface area contributed by atoms with Crippen LogP contribution in [0, 0.1) is 6.92 Å². The number of alkyl halides is 4. The van der Waals surface area contributed by atoms with Crippen LogP contribution in [-0.2, 0) is 10.8 Å². The van der Waals surface area contributed by atoms with E-state index in [-0.39, 0.29) is 21.8 Å². The molecule has 0 saturated carbocycles. The van der Waals surface area contributed by atoms with Crippen LogP contribution in [0.4, 0.5) is 28.0 Å². The van der Waals surface area contributed by atoms with Gasteiger partial charge in [0.25, 0.3) is 5.91 Å². The van der Waals surface area contributed by atoms with Crippen LogP contribution < -0.4 is 10.6 Å². The quantitative estimate of drug-likeness (QED) is 0.674. The molecule has 0 aliphatic heterocycles. The Labute approximate surface area is 164 Å². The molecule has 2 aromatic carbocycles. The van der Waals surface area contributed by atoms with Crippen LogP contribution in [0.5, 0.6) is 0 Å². The fourth-order valence-electron chi connectivity index (χ4n) is 2.10. The molecule has 0 aliphatic carbocycles. The molecular formula is C17H13ClF4N2O3S. The summed E-state index contributed by atoms with van der Waals surface area (Å²) >= 11 is 5.86. The number of halogens is 5. The predicted molar refractivity (Wildman–Crippen MR) is 96.5 cm³/mol. The van der Waals surface area contributed by atoms with Gasteiger partial charge in [0.1, 0.15) is 10.8 Å². The van der Waals surface area contributed by atoms with Gasteiger partial charge in [-0.25, -0.2) is 17.8 Å². The molecule has 28 heavy (non-hydrogen) atoms. The summed E-state index contributed by atoms with van der Waals surface area (Å²) in [5.74, 6) is -0.768. The first kappa shape index (κ1) is 21.8. The number of carbonyl (C=O) groups is 2. The molecule has 0 aromatic heterocycles. The summed E-state index contributed by atoms with van der Waals surface area (Å²) in [6.45, 7) is 1.38. The molecule has 5 nitrogen and oxygen atoms in total. The van der Waals surface area contributed by atoms with Crippen LogP contribution in [0.1, 0.15) is 15.9 Å². The van der Waals surface area contributed by atoms with Crippen molar-refractivity contribution in [2.24, 2.45) is 0 Å². The summed E-state index contributed by atoms with van der Waals surface area (Å²) in [7, 11) is -3.27. The Morgan fingerprint density at radius 3 is 2.36 bits per heavy atom. The van der Waals surface area contributed by atoms with Crippen molar-refractivity contribution in [3.63, 3.8) is 0 Å². The first-order valence-electron chi connectivity index (χ1n) is 7.59. The Bertz CT molecular complexity index is 940. The first-order valence-corrected chi connectivity index (χ1v) is 9.12. The number of hydrogen-bond acceptors (Lipinski definition) is 3. The van der Waals surface area contributed by atoms with Gasteiger partial charge in [-0.05, 0) is 42.8 Å². The molecule has 3 amide bonds. The standard InChI is InChI=1S/C17H13ClF4N2O3S/c1-9-8-10(28(27)17(21,22)15(19)20)6-7-13(9)23-16(26)24-14(25)11-4-2-3-5-12(11)18/h2-8,15H,1H3,(H2,23,24,25,26). The largest absolute Gasteiger partial charge is 0.384 e. The lowest BCUT2D eigenvalue weighted by Gasteiger charge is -2.16. The van der Waals surface area contributed by atoms with Gasteiger partial charge in [-0.15, -0.1) is 0 Å². The second-order valence-corrected chi connectivity index (χ2v) is 7.46. The van der Waals surface area contributed by atoms with E-state index in [2.05, 4.69) is 5.32 Å². The van der Waals surface area contributed by atoms with Crippen molar-refractivity contribution >= 4 is 40.0 Å². The number of benzene rings is 2. The van der Waals surface area contributed by atoms with Crippen LogP contribution in [-0.4, -0.2) is 27.8 Å². The van der Waals surface area contributed by atoms with Gasteiger partial charge in [-0.3, -0.25) is 10.1 Å². The van der Waals surface area contributed by atoms with Gasteiger partial charge < -0.3 is 5.32 Å². The maximum absolute atomic E-state index is 13.2. The van der Waals surface area contributed by atoms with Gasteiger partial charge >= 0.3 is 17.7 Å². The Hall–Kier alpha value is -2.46. The summed E-state index contributed by atoms with van der Waals surface area (Å²) in [4.78, 5) is 23.5. The highest BCUT2D eigenvalue weighted by Crippen LogP contribution is 2.32. The number of urea groups is 1. The van der Waals surface area contributed by atoms with E-state index in [1.807, 2.05) is 5.32 Å². The number of rotatable bonds is 5. The zero-order chi connectivity index (χ0) is 21.1. The van der Waals surface area contributed by atoms with E-state index in [0.717, 1.165) is 18.2 Å². The monoisotopic (exact) mass is 436 g/mol. The minimum atomic E-state index is -4.71.